The molecule has 1 aliphatic rings. The van der Waals surface area contributed by atoms with Crippen LogP contribution in [0.1, 0.15) is 20.3 Å². The number of aromatic nitrogens is 5. The first kappa shape index (κ1) is 22.9. The van der Waals surface area contributed by atoms with Gasteiger partial charge in [0.25, 0.3) is 0 Å². The number of halogens is 1. The molecule has 0 bridgehead atoms. The van der Waals surface area contributed by atoms with E-state index in [-0.39, 0.29) is 17.3 Å². The van der Waals surface area contributed by atoms with Crippen LogP contribution in [0.3, 0.4) is 0 Å². The van der Waals surface area contributed by atoms with Crippen LogP contribution in [0.5, 0.6) is 5.75 Å². The van der Waals surface area contributed by atoms with Gasteiger partial charge in [-0.15, -0.1) is 0 Å². The van der Waals surface area contributed by atoms with Crippen molar-refractivity contribution in [3.8, 4) is 17.1 Å². The van der Waals surface area contributed by atoms with Crippen LogP contribution in [0.25, 0.3) is 22.3 Å². The normalized spacial score (nSPS) is 17.2. The average molecular weight is 475 g/mol. The van der Waals surface area contributed by atoms with Crippen LogP contribution >= 0.6 is 0 Å². The third kappa shape index (κ3) is 4.69. The number of methoxy groups -OCH3 is 1. The number of piperidine rings is 1. The standard InChI is InChI=1S/C25H27FN8O/c1-25(2)14-27-9-7-19(25)32-24-21-17(12-28-13-18(21)35-3)31-22(34-24)15-6-10-29-20(11-15)33-23-16(26)5-4-8-30-23/h4-6,8,10-13,19,27H,7,9,14H2,1-3H3,(H,29,30,33)(H,31,32,34)/t19-/m0/s1. The Labute approximate surface area is 202 Å². The van der Waals surface area contributed by atoms with Crippen LogP contribution in [-0.4, -0.2) is 51.2 Å². The smallest absolute Gasteiger partial charge is 0.167 e. The van der Waals surface area contributed by atoms with Gasteiger partial charge in [-0.2, -0.15) is 0 Å². The maximum absolute atomic E-state index is 14.1. The third-order valence-corrected chi connectivity index (χ3v) is 6.26. The first-order valence-corrected chi connectivity index (χ1v) is 11.5. The molecule has 1 saturated heterocycles. The van der Waals surface area contributed by atoms with Gasteiger partial charge >= 0.3 is 0 Å². The molecule has 0 unspecified atom stereocenters. The summed E-state index contributed by atoms with van der Waals surface area (Å²) in [6.07, 6.45) is 7.47. The summed E-state index contributed by atoms with van der Waals surface area (Å²) in [5.41, 5.74) is 1.40. The van der Waals surface area contributed by atoms with Gasteiger partial charge in [0.15, 0.2) is 17.5 Å². The molecule has 180 valence electrons. The minimum absolute atomic E-state index is 0.0243. The van der Waals surface area contributed by atoms with Crippen LogP contribution < -0.4 is 20.7 Å². The molecule has 0 aromatic carbocycles. The largest absolute Gasteiger partial charge is 0.494 e. The van der Waals surface area contributed by atoms with Gasteiger partial charge in [-0.3, -0.25) is 4.98 Å². The van der Waals surface area contributed by atoms with E-state index in [1.54, 1.807) is 31.8 Å². The molecule has 10 heteroatoms. The highest BCUT2D eigenvalue weighted by Crippen LogP contribution is 2.35. The van der Waals surface area contributed by atoms with Gasteiger partial charge in [-0.05, 0) is 42.6 Å². The summed E-state index contributed by atoms with van der Waals surface area (Å²) in [7, 11) is 1.61. The number of nitrogens with zero attached hydrogens (tertiary/aromatic N) is 5. The summed E-state index contributed by atoms with van der Waals surface area (Å²) in [5, 5.41) is 10.8. The van der Waals surface area contributed by atoms with E-state index in [0.717, 1.165) is 30.5 Å². The zero-order chi connectivity index (χ0) is 24.4. The Morgan fingerprint density at radius 3 is 2.80 bits per heavy atom. The molecule has 1 fully saturated rings. The van der Waals surface area contributed by atoms with E-state index in [0.29, 0.717) is 28.7 Å². The molecule has 4 aromatic rings. The highest BCUT2D eigenvalue weighted by Gasteiger charge is 2.33. The summed E-state index contributed by atoms with van der Waals surface area (Å²) in [6.45, 7) is 6.30. The minimum atomic E-state index is -0.462. The van der Waals surface area contributed by atoms with Crippen molar-refractivity contribution < 1.29 is 9.13 Å². The Morgan fingerprint density at radius 1 is 1.11 bits per heavy atom. The second-order valence-corrected chi connectivity index (χ2v) is 9.17. The fraction of sp³-hybridized carbons (Fsp3) is 0.320. The molecule has 0 radical (unpaired) electrons. The number of nitrogens with one attached hydrogen (secondary N) is 3. The van der Waals surface area contributed by atoms with E-state index in [9.17, 15) is 4.39 Å². The lowest BCUT2D eigenvalue weighted by Crippen LogP contribution is -2.49. The molecule has 5 rings (SSSR count). The van der Waals surface area contributed by atoms with Crippen molar-refractivity contribution in [1.82, 2.24) is 30.2 Å². The van der Waals surface area contributed by atoms with Crippen molar-refractivity contribution in [3.05, 3.63) is 54.9 Å². The fourth-order valence-corrected chi connectivity index (χ4v) is 4.28. The predicted octanol–water partition coefficient (Wildman–Crippen LogP) is 4.17. The Hall–Kier alpha value is -3.92. The molecular weight excluding hydrogens is 447 g/mol. The number of fused-ring (bicyclic) bond motifs is 1. The molecule has 1 aliphatic heterocycles. The number of ether oxygens (including phenoxy) is 1. The van der Waals surface area contributed by atoms with Crippen LogP contribution in [0.2, 0.25) is 0 Å². The maximum Gasteiger partial charge on any atom is 0.167 e. The summed E-state index contributed by atoms with van der Waals surface area (Å²) in [5.74, 6) is 1.85. The third-order valence-electron chi connectivity index (χ3n) is 6.26. The van der Waals surface area contributed by atoms with Gasteiger partial charge in [0.2, 0.25) is 0 Å². The fourth-order valence-electron chi connectivity index (χ4n) is 4.28. The number of anilines is 3. The van der Waals surface area contributed by atoms with Crippen LogP contribution in [0.15, 0.2) is 49.1 Å². The zero-order valence-electron chi connectivity index (χ0n) is 19.8. The number of rotatable bonds is 6. The maximum atomic E-state index is 14.1. The first-order valence-electron chi connectivity index (χ1n) is 11.5. The summed E-state index contributed by atoms with van der Waals surface area (Å²) < 4.78 is 19.7. The van der Waals surface area contributed by atoms with Crippen molar-refractivity contribution in [1.29, 1.82) is 0 Å². The molecule has 0 spiro atoms. The lowest BCUT2D eigenvalue weighted by molar-refractivity contribution is 0.236. The molecule has 0 saturated carbocycles. The molecule has 4 aromatic heterocycles. The lowest BCUT2D eigenvalue weighted by atomic mass is 9.80. The van der Waals surface area contributed by atoms with Crippen molar-refractivity contribution in [2.45, 2.75) is 26.3 Å². The lowest BCUT2D eigenvalue weighted by Gasteiger charge is -2.40. The SMILES string of the molecule is COc1cncc2nc(-c3ccnc(Nc4ncccc4F)c3)nc(N[C@H]3CCNCC3(C)C)c12. The molecule has 9 nitrogen and oxygen atoms in total. The average Bonchev–Trinajstić information content (AvgIpc) is 2.86. The van der Waals surface area contributed by atoms with Crippen molar-refractivity contribution in [2.24, 2.45) is 5.41 Å². The van der Waals surface area contributed by atoms with Gasteiger partial charge in [0, 0.05) is 30.5 Å². The minimum Gasteiger partial charge on any atom is -0.494 e. The molecule has 3 N–H and O–H groups in total. The van der Waals surface area contributed by atoms with Crippen LogP contribution in [-0.2, 0) is 0 Å². The zero-order valence-corrected chi connectivity index (χ0v) is 19.8. The van der Waals surface area contributed by atoms with Crippen molar-refractivity contribution >= 4 is 28.4 Å². The van der Waals surface area contributed by atoms with E-state index < -0.39 is 5.82 Å². The van der Waals surface area contributed by atoms with E-state index in [4.69, 9.17) is 14.7 Å². The second kappa shape index (κ2) is 9.38. The summed E-state index contributed by atoms with van der Waals surface area (Å²) in [4.78, 5) is 22.3. The quantitative estimate of drug-likeness (QED) is 0.379. The molecule has 35 heavy (non-hydrogen) atoms. The van der Waals surface area contributed by atoms with Gasteiger partial charge in [-0.25, -0.2) is 24.3 Å². The highest BCUT2D eigenvalue weighted by molar-refractivity contribution is 5.95. The van der Waals surface area contributed by atoms with Crippen molar-refractivity contribution in [3.63, 3.8) is 0 Å². The molecule has 0 amide bonds. The summed E-state index contributed by atoms with van der Waals surface area (Å²) in [6, 6.07) is 6.66. The van der Waals surface area contributed by atoms with E-state index in [1.165, 1.54) is 18.3 Å². The van der Waals surface area contributed by atoms with Gasteiger partial charge < -0.3 is 20.7 Å². The topological polar surface area (TPSA) is 110 Å². The molecular formula is C25H27FN8O. The Morgan fingerprint density at radius 2 is 2.00 bits per heavy atom. The van der Waals surface area contributed by atoms with Gasteiger partial charge in [0.05, 0.1) is 30.4 Å². The van der Waals surface area contributed by atoms with E-state index >= 15 is 0 Å². The Balaban J connectivity index is 1.57. The van der Waals surface area contributed by atoms with E-state index in [1.807, 2.05) is 6.07 Å². The van der Waals surface area contributed by atoms with E-state index in [2.05, 4.69) is 44.7 Å². The number of hydrogen-bond donors (Lipinski definition) is 3. The van der Waals surface area contributed by atoms with Crippen LogP contribution in [0.4, 0.5) is 21.8 Å². The molecule has 1 atom stereocenters. The first-order chi connectivity index (χ1) is 16.9. The summed E-state index contributed by atoms with van der Waals surface area (Å²) >= 11 is 0. The highest BCUT2D eigenvalue weighted by atomic mass is 19.1. The van der Waals surface area contributed by atoms with Gasteiger partial charge in [0.1, 0.15) is 17.4 Å². The molecule has 0 aliphatic carbocycles. The number of hydrogen-bond acceptors (Lipinski definition) is 9. The predicted molar refractivity (Wildman–Crippen MR) is 133 cm³/mol. The molecule has 5 heterocycles. The van der Waals surface area contributed by atoms with Gasteiger partial charge in [-0.1, -0.05) is 13.8 Å². The number of pyridine rings is 3. The van der Waals surface area contributed by atoms with Crippen LogP contribution in [0, 0.1) is 11.2 Å². The second-order valence-electron chi connectivity index (χ2n) is 9.17. The Kier molecular flexibility index (Phi) is 6.12. The Bertz CT molecular complexity index is 1360. The monoisotopic (exact) mass is 474 g/mol. The van der Waals surface area contributed by atoms with Crippen molar-refractivity contribution in [2.75, 3.05) is 30.8 Å².